The van der Waals surface area contributed by atoms with E-state index in [-0.39, 0.29) is 0 Å². The van der Waals surface area contributed by atoms with E-state index in [9.17, 15) is 5.11 Å². The summed E-state index contributed by atoms with van der Waals surface area (Å²) in [6.07, 6.45) is 6.17. The molecule has 1 aromatic heterocycles. The van der Waals surface area contributed by atoms with Gasteiger partial charge >= 0.3 is 0 Å². The monoisotopic (exact) mass is 476 g/mol. The van der Waals surface area contributed by atoms with Gasteiger partial charge < -0.3 is 14.6 Å². The van der Waals surface area contributed by atoms with Gasteiger partial charge in [0.15, 0.2) is 5.69 Å². The van der Waals surface area contributed by atoms with Gasteiger partial charge in [-0.2, -0.15) is 0 Å². The molecule has 0 amide bonds. The summed E-state index contributed by atoms with van der Waals surface area (Å²) >= 11 is 0. The first-order valence-electron chi connectivity index (χ1n) is 12.8. The van der Waals surface area contributed by atoms with Gasteiger partial charge in [0.25, 0.3) is 0 Å². The maximum absolute atomic E-state index is 10.6. The third-order valence-electron chi connectivity index (χ3n) is 7.80. The molecule has 0 radical (unpaired) electrons. The van der Waals surface area contributed by atoms with Gasteiger partial charge in [0.05, 0.1) is 12.7 Å². The minimum atomic E-state index is -0.452. The molecule has 3 aromatic carbocycles. The van der Waals surface area contributed by atoms with E-state index in [0.29, 0.717) is 24.8 Å². The number of hydrogen-bond donors (Lipinski definition) is 1. The molecule has 2 heterocycles. The molecule has 0 fully saturated rings. The topological polar surface area (TPSA) is 36.0 Å². The van der Waals surface area contributed by atoms with Crippen LogP contribution in [0.1, 0.15) is 29.2 Å². The minimum Gasteiger partial charge on any atom is -0.390 e. The van der Waals surface area contributed by atoms with Crippen molar-refractivity contribution in [3.05, 3.63) is 95.0 Å². The number of nitrogens with zero attached hydrogens (tertiary/aromatic N) is 4. The lowest BCUT2D eigenvalue weighted by Gasteiger charge is -2.32. The van der Waals surface area contributed by atoms with Crippen LogP contribution >= 0.6 is 0 Å². The molecule has 6 rings (SSSR count). The van der Waals surface area contributed by atoms with Crippen molar-refractivity contribution >= 4 is 32.9 Å². The largest absolute Gasteiger partial charge is 0.390 e. The Labute approximate surface area is 212 Å². The van der Waals surface area contributed by atoms with E-state index in [1.807, 2.05) is 37.2 Å². The van der Waals surface area contributed by atoms with Crippen molar-refractivity contribution in [3.8, 4) is 0 Å². The molecule has 1 aliphatic carbocycles. The fourth-order valence-corrected chi connectivity index (χ4v) is 6.22. The second-order valence-corrected chi connectivity index (χ2v) is 10.5. The zero-order valence-electron chi connectivity index (χ0n) is 21.0. The van der Waals surface area contributed by atoms with Gasteiger partial charge in [0.1, 0.15) is 0 Å². The molecule has 0 spiro atoms. The summed E-state index contributed by atoms with van der Waals surface area (Å²) < 4.78 is 2.16. The summed E-state index contributed by atoms with van der Waals surface area (Å²) in [5.74, 6) is 0. The first kappa shape index (κ1) is 23.0. The van der Waals surface area contributed by atoms with Crippen LogP contribution in [0.15, 0.2) is 66.9 Å². The van der Waals surface area contributed by atoms with Crippen LogP contribution in [0.2, 0.25) is 0 Å². The average Bonchev–Trinajstić information content (AvgIpc) is 3.43. The van der Waals surface area contributed by atoms with E-state index in [4.69, 9.17) is 6.57 Å². The third-order valence-corrected chi connectivity index (χ3v) is 7.80. The maximum atomic E-state index is 10.6. The standard InChI is InChI=1S/C31H32N4O/c1-32-24-10-11-29-27(17-24)28(20-35(29)19-25(36)18-33(2)3)21-12-14-34(15-13-21)30-16-23-8-4-6-22-7-5-9-26(30)31(22)23/h4-12,17,20,25,30,36H,13-16,18-19H2,2-3H3. The Morgan fingerprint density at radius 3 is 2.72 bits per heavy atom. The molecule has 1 aliphatic heterocycles. The highest BCUT2D eigenvalue weighted by Gasteiger charge is 2.30. The lowest BCUT2D eigenvalue weighted by atomic mass is 9.96. The Hall–Kier alpha value is -3.43. The van der Waals surface area contributed by atoms with Gasteiger partial charge in [0.2, 0.25) is 0 Å². The van der Waals surface area contributed by atoms with Crippen molar-refractivity contribution in [3.63, 3.8) is 0 Å². The number of rotatable bonds is 6. The number of benzene rings is 3. The van der Waals surface area contributed by atoms with E-state index >= 15 is 0 Å². The van der Waals surface area contributed by atoms with Crippen molar-refractivity contribution < 1.29 is 5.11 Å². The summed E-state index contributed by atoms with van der Waals surface area (Å²) in [4.78, 5) is 8.30. The number of aromatic nitrogens is 1. The van der Waals surface area contributed by atoms with Crippen LogP contribution in [-0.4, -0.2) is 59.3 Å². The summed E-state index contributed by atoms with van der Waals surface area (Å²) in [5.41, 5.74) is 7.21. The highest BCUT2D eigenvalue weighted by Crippen LogP contribution is 2.42. The second-order valence-electron chi connectivity index (χ2n) is 10.5. The average molecular weight is 477 g/mol. The maximum Gasteiger partial charge on any atom is 0.188 e. The minimum absolute atomic E-state index is 0.431. The van der Waals surface area contributed by atoms with E-state index < -0.39 is 6.10 Å². The van der Waals surface area contributed by atoms with Crippen molar-refractivity contribution in [2.75, 3.05) is 33.7 Å². The summed E-state index contributed by atoms with van der Waals surface area (Å²) in [6, 6.07) is 19.8. The Bertz CT molecular complexity index is 1520. The van der Waals surface area contributed by atoms with Crippen molar-refractivity contribution in [1.29, 1.82) is 0 Å². The molecule has 4 aromatic rings. The SMILES string of the molecule is [C-]#[N+]c1ccc2c(c1)c(C1=CCN(C3Cc4cccc5cccc3c45)CC1)cn2CC(O)CN(C)C. The molecular formula is C31H32N4O. The number of fused-ring (bicyclic) bond motifs is 1. The number of aliphatic hydroxyl groups excluding tert-OH is 1. The lowest BCUT2D eigenvalue weighted by molar-refractivity contribution is 0.121. The molecular weight excluding hydrogens is 444 g/mol. The number of hydrogen-bond acceptors (Lipinski definition) is 3. The van der Waals surface area contributed by atoms with Crippen LogP contribution in [0, 0.1) is 6.57 Å². The molecule has 2 atom stereocenters. The highest BCUT2D eigenvalue weighted by molar-refractivity contribution is 5.95. The second kappa shape index (κ2) is 9.22. The van der Waals surface area contributed by atoms with Gasteiger partial charge in [-0.25, -0.2) is 4.85 Å². The van der Waals surface area contributed by atoms with Crippen LogP contribution in [0.25, 0.3) is 32.1 Å². The lowest BCUT2D eigenvalue weighted by Crippen LogP contribution is -2.32. The Morgan fingerprint density at radius 1 is 1.14 bits per heavy atom. The van der Waals surface area contributed by atoms with Gasteiger partial charge in [-0.15, -0.1) is 0 Å². The number of aliphatic hydroxyl groups is 1. The van der Waals surface area contributed by atoms with Crippen LogP contribution in [-0.2, 0) is 13.0 Å². The molecule has 2 aliphatic rings. The Morgan fingerprint density at radius 2 is 1.97 bits per heavy atom. The van der Waals surface area contributed by atoms with Gasteiger partial charge in [-0.1, -0.05) is 48.5 Å². The normalized spacial score (nSPS) is 18.6. The van der Waals surface area contributed by atoms with Gasteiger partial charge in [-0.3, -0.25) is 4.90 Å². The zero-order valence-corrected chi connectivity index (χ0v) is 21.0. The summed E-state index contributed by atoms with van der Waals surface area (Å²) in [7, 11) is 3.96. The highest BCUT2D eigenvalue weighted by atomic mass is 16.3. The smallest absolute Gasteiger partial charge is 0.188 e. The van der Waals surface area contributed by atoms with Crippen molar-refractivity contribution in [2.45, 2.75) is 31.5 Å². The summed E-state index contributed by atoms with van der Waals surface area (Å²) in [5, 5.41) is 14.5. The zero-order chi connectivity index (χ0) is 24.8. The van der Waals surface area contributed by atoms with Crippen molar-refractivity contribution in [2.24, 2.45) is 0 Å². The van der Waals surface area contributed by atoms with Crippen LogP contribution in [0.4, 0.5) is 5.69 Å². The first-order valence-corrected chi connectivity index (χ1v) is 12.8. The van der Waals surface area contributed by atoms with Crippen LogP contribution in [0.3, 0.4) is 0 Å². The third kappa shape index (κ3) is 4.02. The van der Waals surface area contributed by atoms with E-state index in [1.54, 1.807) is 0 Å². The molecule has 5 nitrogen and oxygen atoms in total. The number of likely N-dealkylation sites (N-methyl/N-ethyl adjacent to an activating group) is 1. The Balaban J connectivity index is 1.30. The predicted molar refractivity (Wildman–Crippen MR) is 147 cm³/mol. The molecule has 2 unspecified atom stereocenters. The molecule has 0 saturated heterocycles. The molecule has 36 heavy (non-hydrogen) atoms. The molecule has 0 saturated carbocycles. The fourth-order valence-electron chi connectivity index (χ4n) is 6.22. The molecule has 1 N–H and O–H groups in total. The van der Waals surface area contributed by atoms with E-state index in [2.05, 4.69) is 63.0 Å². The van der Waals surface area contributed by atoms with Gasteiger partial charge in [-0.05, 0) is 71.9 Å². The van der Waals surface area contributed by atoms with E-state index in [1.165, 1.54) is 33.0 Å². The molecule has 0 bridgehead atoms. The van der Waals surface area contributed by atoms with Crippen molar-refractivity contribution in [1.82, 2.24) is 14.4 Å². The van der Waals surface area contributed by atoms with Crippen LogP contribution < -0.4 is 0 Å². The van der Waals surface area contributed by atoms with E-state index in [0.717, 1.165) is 36.8 Å². The molecule has 5 heteroatoms. The molecule has 182 valence electrons. The fraction of sp³-hybridized carbons (Fsp3) is 0.323. The predicted octanol–water partition coefficient (Wildman–Crippen LogP) is 5.65. The van der Waals surface area contributed by atoms with Crippen LogP contribution in [0.5, 0.6) is 0 Å². The Kier molecular flexibility index (Phi) is 5.89. The van der Waals surface area contributed by atoms with Gasteiger partial charge in [0, 0.05) is 49.5 Å². The summed E-state index contributed by atoms with van der Waals surface area (Å²) in [6.45, 7) is 10.6. The first-order chi connectivity index (χ1) is 17.5. The quantitative estimate of drug-likeness (QED) is 0.365.